The standard InChI is InChI=1S/C38H43N5O6/c1-5-6-30(20-22-44)39-35-34-33(19-21-42(36(34)45)23-26-7-13-29(14-8-26)37(46)49-4)40-38(41-35)43(24-27-9-15-31(47-2)16-10-27)25-28-11-17-32(48-3)18-12-28/h7-19,21,30,44H,5-6,20,22-25H2,1-4H3,(H,39,40,41). The number of esters is 1. The maximum atomic E-state index is 14.1. The molecule has 0 saturated carbocycles. The quantitative estimate of drug-likeness (QED) is 0.125. The lowest BCUT2D eigenvalue weighted by Crippen LogP contribution is -2.28. The third-order valence-electron chi connectivity index (χ3n) is 8.34. The number of carbonyl (C=O) groups excluding carboxylic acids is 1. The number of hydrogen-bond donors (Lipinski definition) is 2. The molecule has 256 valence electrons. The Labute approximate surface area is 286 Å². The largest absolute Gasteiger partial charge is 0.497 e. The van der Waals surface area contributed by atoms with Gasteiger partial charge in [-0.15, -0.1) is 0 Å². The van der Waals surface area contributed by atoms with Crippen molar-refractivity contribution in [3.8, 4) is 11.5 Å². The minimum Gasteiger partial charge on any atom is -0.497 e. The molecule has 5 rings (SSSR count). The highest BCUT2D eigenvalue weighted by Gasteiger charge is 2.20. The number of aromatic nitrogens is 3. The van der Waals surface area contributed by atoms with Gasteiger partial charge in [-0.1, -0.05) is 49.7 Å². The molecule has 5 aromatic rings. The summed E-state index contributed by atoms with van der Waals surface area (Å²) in [6.07, 6.45) is 3.91. The molecule has 0 aliphatic heterocycles. The van der Waals surface area contributed by atoms with Gasteiger partial charge >= 0.3 is 5.97 Å². The summed E-state index contributed by atoms with van der Waals surface area (Å²) in [6.45, 7) is 3.36. The van der Waals surface area contributed by atoms with Gasteiger partial charge in [0.1, 0.15) is 22.7 Å². The fourth-order valence-corrected chi connectivity index (χ4v) is 5.69. The van der Waals surface area contributed by atoms with Gasteiger partial charge in [0, 0.05) is 31.9 Å². The zero-order valence-electron chi connectivity index (χ0n) is 28.4. The predicted octanol–water partition coefficient (Wildman–Crippen LogP) is 5.81. The summed E-state index contributed by atoms with van der Waals surface area (Å²) < 4.78 is 17.2. The van der Waals surface area contributed by atoms with Crippen molar-refractivity contribution in [1.29, 1.82) is 0 Å². The number of methoxy groups -OCH3 is 3. The van der Waals surface area contributed by atoms with Gasteiger partial charge in [0.05, 0.1) is 39.0 Å². The van der Waals surface area contributed by atoms with Crippen LogP contribution in [0.3, 0.4) is 0 Å². The SMILES string of the molecule is CCCC(CCO)Nc1nc(N(Cc2ccc(OC)cc2)Cc2ccc(OC)cc2)nc2ccn(Cc3ccc(C(=O)OC)cc3)c(=O)c12. The summed E-state index contributed by atoms with van der Waals surface area (Å²) >= 11 is 0. The van der Waals surface area contributed by atoms with Gasteiger partial charge in [0.25, 0.3) is 5.56 Å². The Morgan fingerprint density at radius 3 is 1.96 bits per heavy atom. The van der Waals surface area contributed by atoms with Gasteiger partial charge in [-0.25, -0.2) is 9.78 Å². The van der Waals surface area contributed by atoms with Crippen molar-refractivity contribution in [2.24, 2.45) is 0 Å². The number of rotatable bonds is 16. The summed E-state index contributed by atoms with van der Waals surface area (Å²) in [6, 6.07) is 24.4. The van der Waals surface area contributed by atoms with Crippen molar-refractivity contribution in [1.82, 2.24) is 14.5 Å². The molecular weight excluding hydrogens is 622 g/mol. The fraction of sp³-hybridized carbons (Fsp3) is 0.316. The molecule has 0 spiro atoms. The first kappa shape index (κ1) is 34.9. The van der Waals surface area contributed by atoms with Crippen molar-refractivity contribution in [3.63, 3.8) is 0 Å². The molecule has 2 N–H and O–H groups in total. The molecule has 11 heteroatoms. The first-order valence-electron chi connectivity index (χ1n) is 16.3. The Morgan fingerprint density at radius 1 is 0.837 bits per heavy atom. The van der Waals surface area contributed by atoms with Crippen LogP contribution in [0.15, 0.2) is 89.9 Å². The molecule has 49 heavy (non-hydrogen) atoms. The lowest BCUT2D eigenvalue weighted by atomic mass is 10.1. The number of nitrogens with zero attached hydrogens (tertiary/aromatic N) is 4. The molecule has 0 aliphatic rings. The number of aliphatic hydroxyl groups excluding tert-OH is 1. The van der Waals surface area contributed by atoms with Crippen molar-refractivity contribution >= 4 is 28.6 Å². The van der Waals surface area contributed by atoms with E-state index in [4.69, 9.17) is 24.2 Å². The minimum atomic E-state index is -0.421. The van der Waals surface area contributed by atoms with Crippen LogP contribution >= 0.6 is 0 Å². The fourth-order valence-electron chi connectivity index (χ4n) is 5.69. The van der Waals surface area contributed by atoms with Crippen LogP contribution in [0.4, 0.5) is 11.8 Å². The Hall–Kier alpha value is -5.42. The van der Waals surface area contributed by atoms with Gasteiger partial charge in [0.2, 0.25) is 5.95 Å². The van der Waals surface area contributed by atoms with Gasteiger partial charge in [-0.2, -0.15) is 4.98 Å². The van der Waals surface area contributed by atoms with Crippen LogP contribution in [0, 0.1) is 0 Å². The molecule has 1 unspecified atom stereocenters. The molecule has 2 heterocycles. The van der Waals surface area contributed by atoms with Crippen molar-refractivity contribution in [2.75, 3.05) is 38.2 Å². The van der Waals surface area contributed by atoms with Crippen LogP contribution in [0.1, 0.15) is 53.2 Å². The van der Waals surface area contributed by atoms with Crippen LogP contribution in [0.5, 0.6) is 11.5 Å². The molecule has 1 atom stereocenters. The van der Waals surface area contributed by atoms with E-state index in [0.29, 0.717) is 47.7 Å². The number of carbonyl (C=O) groups is 1. The summed E-state index contributed by atoms with van der Waals surface area (Å²) in [5.41, 5.74) is 3.60. The molecule has 0 amide bonds. The van der Waals surface area contributed by atoms with Gasteiger partial charge in [0.15, 0.2) is 0 Å². The second-order valence-electron chi connectivity index (χ2n) is 11.8. The monoisotopic (exact) mass is 665 g/mol. The molecule has 0 fully saturated rings. The van der Waals surface area contributed by atoms with Crippen LogP contribution in [-0.2, 0) is 24.4 Å². The smallest absolute Gasteiger partial charge is 0.337 e. The van der Waals surface area contributed by atoms with Gasteiger partial charge < -0.3 is 34.1 Å². The predicted molar refractivity (Wildman–Crippen MR) is 191 cm³/mol. The zero-order chi connectivity index (χ0) is 34.8. The average molecular weight is 666 g/mol. The lowest BCUT2D eigenvalue weighted by molar-refractivity contribution is 0.0600. The van der Waals surface area contributed by atoms with Gasteiger partial charge in [-0.05, 0) is 72.0 Å². The lowest BCUT2D eigenvalue weighted by Gasteiger charge is -2.25. The Bertz CT molecular complexity index is 1840. The Balaban J connectivity index is 1.59. The van der Waals surface area contributed by atoms with E-state index in [-0.39, 0.29) is 24.8 Å². The summed E-state index contributed by atoms with van der Waals surface area (Å²) in [5.74, 6) is 1.98. The average Bonchev–Trinajstić information content (AvgIpc) is 3.13. The van der Waals surface area contributed by atoms with Gasteiger partial charge in [-0.3, -0.25) is 4.79 Å². The van der Waals surface area contributed by atoms with E-state index in [0.717, 1.165) is 41.0 Å². The Kier molecular flexibility index (Phi) is 11.8. The van der Waals surface area contributed by atoms with E-state index < -0.39 is 5.97 Å². The highest BCUT2D eigenvalue weighted by molar-refractivity contribution is 5.90. The number of ether oxygens (including phenoxy) is 3. The highest BCUT2D eigenvalue weighted by Crippen LogP contribution is 2.26. The molecule has 3 aromatic carbocycles. The number of pyridine rings is 1. The summed E-state index contributed by atoms with van der Waals surface area (Å²) in [4.78, 5) is 38.1. The van der Waals surface area contributed by atoms with Crippen LogP contribution in [0.25, 0.3) is 10.9 Å². The normalized spacial score (nSPS) is 11.6. The van der Waals surface area contributed by atoms with E-state index in [1.807, 2.05) is 54.6 Å². The van der Waals surface area contributed by atoms with E-state index in [2.05, 4.69) is 17.1 Å². The third-order valence-corrected chi connectivity index (χ3v) is 8.34. The number of anilines is 2. The molecule has 2 aromatic heterocycles. The molecule has 0 radical (unpaired) electrons. The minimum absolute atomic E-state index is 0.000403. The van der Waals surface area contributed by atoms with E-state index >= 15 is 0 Å². The molecular formula is C38H43N5O6. The van der Waals surface area contributed by atoms with Crippen molar-refractivity contribution in [3.05, 3.63) is 118 Å². The molecule has 11 nitrogen and oxygen atoms in total. The number of nitrogens with one attached hydrogen (secondary N) is 1. The summed E-state index contributed by atoms with van der Waals surface area (Å²) in [5, 5.41) is 13.7. The first-order valence-corrected chi connectivity index (χ1v) is 16.3. The van der Waals surface area contributed by atoms with Crippen LogP contribution in [-0.4, -0.2) is 59.6 Å². The molecule has 0 saturated heterocycles. The molecule has 0 aliphatic carbocycles. The van der Waals surface area contributed by atoms with Crippen molar-refractivity contribution < 1.29 is 24.1 Å². The van der Waals surface area contributed by atoms with Crippen molar-refractivity contribution in [2.45, 2.75) is 51.9 Å². The third kappa shape index (κ3) is 8.74. The maximum Gasteiger partial charge on any atom is 0.337 e. The van der Waals surface area contributed by atoms with E-state index in [1.165, 1.54) is 7.11 Å². The van der Waals surface area contributed by atoms with E-state index in [9.17, 15) is 14.7 Å². The number of fused-ring (bicyclic) bond motifs is 1. The maximum absolute atomic E-state index is 14.1. The van der Waals surface area contributed by atoms with Crippen LogP contribution < -0.4 is 25.2 Å². The van der Waals surface area contributed by atoms with Crippen LogP contribution in [0.2, 0.25) is 0 Å². The highest BCUT2D eigenvalue weighted by atomic mass is 16.5. The Morgan fingerprint density at radius 2 is 1.43 bits per heavy atom. The summed E-state index contributed by atoms with van der Waals surface area (Å²) in [7, 11) is 4.62. The number of hydrogen-bond acceptors (Lipinski definition) is 10. The number of aliphatic hydroxyl groups is 1. The van der Waals surface area contributed by atoms with E-state index in [1.54, 1.807) is 49.2 Å². The topological polar surface area (TPSA) is 128 Å². The second-order valence-corrected chi connectivity index (χ2v) is 11.8. The number of benzene rings is 3. The first-order chi connectivity index (χ1) is 23.8. The second kappa shape index (κ2) is 16.6. The zero-order valence-corrected chi connectivity index (χ0v) is 28.4. The molecule has 0 bridgehead atoms.